The van der Waals surface area contributed by atoms with Crippen molar-refractivity contribution in [3.63, 3.8) is 0 Å². The third-order valence-corrected chi connectivity index (χ3v) is 6.00. The topological polar surface area (TPSA) is 204 Å². The maximum atomic E-state index is 12.6. The second-order valence-corrected chi connectivity index (χ2v) is 8.64. The van der Waals surface area contributed by atoms with Crippen molar-refractivity contribution >= 4 is 40.6 Å². The van der Waals surface area contributed by atoms with Gasteiger partial charge < -0.3 is 36.9 Å². The normalized spacial score (nSPS) is 14.3. The summed E-state index contributed by atoms with van der Waals surface area (Å²) in [4.78, 5) is 63.2. The third-order valence-electron chi connectivity index (χ3n) is 6.00. The Morgan fingerprint density at radius 3 is 2.36 bits per heavy atom. The molecule has 0 saturated heterocycles. The lowest BCUT2D eigenvalue weighted by Crippen LogP contribution is -2.54. The number of hydrogen-bond acceptors (Lipinski definition) is 6. The average Bonchev–Trinajstić information content (AvgIpc) is 3.26. The van der Waals surface area contributed by atoms with Gasteiger partial charge in [-0.3, -0.25) is 19.2 Å². The van der Waals surface area contributed by atoms with E-state index in [2.05, 4.69) is 20.9 Å². The SMILES string of the molecule is CCC(C)C(N)C(=O)NC(CCC(=O)O)C(=O)NCC(=O)NC(Cc1c[nH]c2ccccc12)C(=O)O. The highest BCUT2D eigenvalue weighted by Crippen LogP contribution is 2.19. The van der Waals surface area contributed by atoms with Crippen molar-refractivity contribution in [3.8, 4) is 0 Å². The number of carboxylic acid groups (broad SMARTS) is 2. The van der Waals surface area contributed by atoms with Gasteiger partial charge in [-0.2, -0.15) is 0 Å². The van der Waals surface area contributed by atoms with E-state index in [0.29, 0.717) is 12.0 Å². The van der Waals surface area contributed by atoms with Gasteiger partial charge in [-0.25, -0.2) is 4.79 Å². The molecule has 0 fully saturated rings. The number of aliphatic carboxylic acids is 2. The van der Waals surface area contributed by atoms with E-state index in [1.165, 1.54) is 0 Å². The maximum Gasteiger partial charge on any atom is 0.326 e. The van der Waals surface area contributed by atoms with Gasteiger partial charge in [0.15, 0.2) is 0 Å². The van der Waals surface area contributed by atoms with E-state index in [0.717, 1.165) is 10.9 Å². The van der Waals surface area contributed by atoms with Crippen LogP contribution in [-0.2, 0) is 30.4 Å². The van der Waals surface area contributed by atoms with Crippen LogP contribution in [0.3, 0.4) is 0 Å². The van der Waals surface area contributed by atoms with Crippen LogP contribution >= 0.6 is 0 Å². The predicted octanol–water partition coefficient (Wildman–Crippen LogP) is 0.119. The molecular formula is C24H33N5O7. The summed E-state index contributed by atoms with van der Waals surface area (Å²) in [6, 6.07) is 3.98. The minimum Gasteiger partial charge on any atom is -0.481 e. The van der Waals surface area contributed by atoms with Crippen LogP contribution in [-0.4, -0.2) is 69.5 Å². The molecule has 12 heteroatoms. The summed E-state index contributed by atoms with van der Waals surface area (Å²) >= 11 is 0. The smallest absolute Gasteiger partial charge is 0.326 e. The molecule has 0 aliphatic rings. The van der Waals surface area contributed by atoms with Crippen molar-refractivity contribution in [2.24, 2.45) is 11.7 Å². The molecule has 3 amide bonds. The van der Waals surface area contributed by atoms with Crippen molar-refractivity contribution in [2.45, 2.75) is 57.7 Å². The van der Waals surface area contributed by atoms with Crippen LogP contribution in [0, 0.1) is 5.92 Å². The van der Waals surface area contributed by atoms with Crippen LogP contribution in [0.4, 0.5) is 0 Å². The molecule has 0 radical (unpaired) electrons. The quantitative estimate of drug-likeness (QED) is 0.188. The van der Waals surface area contributed by atoms with Gasteiger partial charge in [0, 0.05) is 29.9 Å². The van der Waals surface area contributed by atoms with E-state index in [-0.39, 0.29) is 18.8 Å². The highest BCUT2D eigenvalue weighted by Gasteiger charge is 2.27. The molecule has 2 aromatic rings. The maximum absolute atomic E-state index is 12.6. The van der Waals surface area contributed by atoms with Crippen molar-refractivity contribution in [3.05, 3.63) is 36.0 Å². The number of carboxylic acids is 2. The van der Waals surface area contributed by atoms with E-state index >= 15 is 0 Å². The van der Waals surface area contributed by atoms with E-state index in [1.54, 1.807) is 13.1 Å². The molecule has 1 aromatic carbocycles. The van der Waals surface area contributed by atoms with Crippen molar-refractivity contribution < 1.29 is 34.2 Å². The van der Waals surface area contributed by atoms with Gasteiger partial charge in [-0.05, 0) is 24.0 Å². The van der Waals surface area contributed by atoms with E-state index in [1.807, 2.05) is 31.2 Å². The molecule has 1 aromatic heterocycles. The molecule has 0 aliphatic heterocycles. The number of nitrogens with one attached hydrogen (secondary N) is 4. The molecule has 4 unspecified atom stereocenters. The molecule has 196 valence electrons. The van der Waals surface area contributed by atoms with Crippen LogP contribution in [0.15, 0.2) is 30.5 Å². The van der Waals surface area contributed by atoms with Crippen LogP contribution in [0.2, 0.25) is 0 Å². The Labute approximate surface area is 208 Å². The standard InChI is InChI=1S/C24H33N5O7/c1-3-13(2)21(25)23(34)29-17(8-9-20(31)32)22(33)27-12-19(30)28-18(24(35)36)10-14-11-26-16-7-5-4-6-15(14)16/h4-7,11,13,17-18,21,26H,3,8-10,12,25H2,1-2H3,(H,27,33)(H,28,30)(H,29,34)(H,31,32)(H,35,36). The zero-order valence-corrected chi connectivity index (χ0v) is 20.2. The Kier molecular flexibility index (Phi) is 10.4. The number of nitrogens with two attached hydrogens (primary N) is 1. The van der Waals surface area contributed by atoms with Gasteiger partial charge in [-0.15, -0.1) is 0 Å². The minimum absolute atomic E-state index is 0.0177. The third kappa shape index (κ3) is 8.08. The second kappa shape index (κ2) is 13.2. The molecule has 4 atom stereocenters. The highest BCUT2D eigenvalue weighted by atomic mass is 16.4. The highest BCUT2D eigenvalue weighted by molar-refractivity contribution is 5.93. The Bertz CT molecular complexity index is 1100. The summed E-state index contributed by atoms with van der Waals surface area (Å²) in [7, 11) is 0. The Hall–Kier alpha value is -3.93. The minimum atomic E-state index is -1.25. The number of para-hydroxylation sites is 1. The summed E-state index contributed by atoms with van der Waals surface area (Å²) in [5.41, 5.74) is 7.43. The van der Waals surface area contributed by atoms with Crippen LogP contribution in [0.5, 0.6) is 0 Å². The first-order valence-electron chi connectivity index (χ1n) is 11.7. The number of benzene rings is 1. The van der Waals surface area contributed by atoms with Gasteiger partial charge in [0.2, 0.25) is 17.7 Å². The average molecular weight is 504 g/mol. The monoisotopic (exact) mass is 503 g/mol. The molecule has 12 nitrogen and oxygen atoms in total. The molecular weight excluding hydrogens is 470 g/mol. The molecule has 8 N–H and O–H groups in total. The van der Waals surface area contributed by atoms with Gasteiger partial charge >= 0.3 is 11.9 Å². The first-order chi connectivity index (χ1) is 17.0. The molecule has 0 aliphatic carbocycles. The molecule has 0 spiro atoms. The summed E-state index contributed by atoms with van der Waals surface area (Å²) in [6.07, 6.45) is 1.72. The van der Waals surface area contributed by atoms with Gasteiger partial charge in [0.25, 0.3) is 0 Å². The number of hydrogen-bond donors (Lipinski definition) is 7. The van der Waals surface area contributed by atoms with E-state index in [9.17, 15) is 29.1 Å². The number of carbonyl (C=O) groups is 5. The summed E-state index contributed by atoms with van der Waals surface area (Å²) in [5.74, 6) is -4.71. The fraction of sp³-hybridized carbons (Fsp3) is 0.458. The first kappa shape index (κ1) is 28.3. The Morgan fingerprint density at radius 1 is 1.03 bits per heavy atom. The number of carbonyl (C=O) groups excluding carboxylic acids is 3. The number of H-pyrrole nitrogens is 1. The van der Waals surface area contributed by atoms with Crippen LogP contribution in [0.25, 0.3) is 10.9 Å². The molecule has 36 heavy (non-hydrogen) atoms. The summed E-state index contributed by atoms with van der Waals surface area (Å²) in [5, 5.41) is 26.5. The molecule has 0 saturated carbocycles. The predicted molar refractivity (Wildman–Crippen MR) is 131 cm³/mol. The zero-order valence-electron chi connectivity index (χ0n) is 20.2. The van der Waals surface area contributed by atoms with Gasteiger partial charge in [0.1, 0.15) is 12.1 Å². The van der Waals surface area contributed by atoms with Crippen LogP contribution in [0.1, 0.15) is 38.7 Å². The summed E-state index contributed by atoms with van der Waals surface area (Å²) in [6.45, 7) is 3.07. The van der Waals surface area contributed by atoms with Crippen molar-refractivity contribution in [1.29, 1.82) is 0 Å². The van der Waals surface area contributed by atoms with E-state index in [4.69, 9.17) is 10.8 Å². The number of amides is 3. The summed E-state index contributed by atoms with van der Waals surface area (Å²) < 4.78 is 0. The number of fused-ring (bicyclic) bond motifs is 1. The second-order valence-electron chi connectivity index (χ2n) is 8.64. The van der Waals surface area contributed by atoms with Crippen molar-refractivity contribution in [2.75, 3.05) is 6.54 Å². The fourth-order valence-electron chi connectivity index (χ4n) is 3.57. The lowest BCUT2D eigenvalue weighted by atomic mass is 9.98. The molecule has 2 rings (SSSR count). The van der Waals surface area contributed by atoms with Crippen molar-refractivity contribution in [1.82, 2.24) is 20.9 Å². The largest absolute Gasteiger partial charge is 0.481 e. The zero-order chi connectivity index (χ0) is 26.8. The Balaban J connectivity index is 1.98. The Morgan fingerprint density at radius 2 is 1.72 bits per heavy atom. The lowest BCUT2D eigenvalue weighted by Gasteiger charge is -2.23. The number of rotatable bonds is 14. The fourth-order valence-corrected chi connectivity index (χ4v) is 3.57. The molecule has 1 heterocycles. The molecule has 0 bridgehead atoms. The van der Waals surface area contributed by atoms with E-state index < -0.39 is 60.8 Å². The number of aromatic nitrogens is 1. The lowest BCUT2D eigenvalue weighted by molar-refractivity contribution is -0.141. The van der Waals surface area contributed by atoms with Gasteiger partial charge in [0.05, 0.1) is 12.6 Å². The van der Waals surface area contributed by atoms with Crippen LogP contribution < -0.4 is 21.7 Å². The van der Waals surface area contributed by atoms with Gasteiger partial charge in [-0.1, -0.05) is 38.5 Å². The number of aromatic amines is 1. The first-order valence-corrected chi connectivity index (χ1v) is 11.7.